The summed E-state index contributed by atoms with van der Waals surface area (Å²) < 4.78 is 5.18. The summed E-state index contributed by atoms with van der Waals surface area (Å²) in [6.45, 7) is 2.53. The maximum atomic E-state index is 11.5. The quantitative estimate of drug-likeness (QED) is 0.668. The van der Waals surface area contributed by atoms with Crippen LogP contribution >= 0.6 is 0 Å². The molecule has 0 amide bonds. The van der Waals surface area contributed by atoms with E-state index in [0.29, 0.717) is 32.0 Å². The third kappa shape index (κ3) is 1.97. The summed E-state index contributed by atoms with van der Waals surface area (Å²) in [5, 5.41) is 14.6. The van der Waals surface area contributed by atoms with E-state index in [4.69, 9.17) is 10.00 Å². The second-order valence-electron chi connectivity index (χ2n) is 3.18. The van der Waals surface area contributed by atoms with Gasteiger partial charge in [0, 0.05) is 19.2 Å². The SMILES string of the molecule is N#Cc1cc(N2CCOCC2)c(=O)[nH]n1. The van der Waals surface area contributed by atoms with Crippen LogP contribution in [0.4, 0.5) is 5.69 Å². The zero-order valence-corrected chi connectivity index (χ0v) is 8.06. The molecular formula is C9H10N4O2. The van der Waals surface area contributed by atoms with Crippen molar-refractivity contribution in [3.05, 3.63) is 22.1 Å². The lowest BCUT2D eigenvalue weighted by molar-refractivity contribution is 0.122. The van der Waals surface area contributed by atoms with Gasteiger partial charge in [-0.15, -0.1) is 0 Å². The minimum absolute atomic E-state index is 0.219. The Hall–Kier alpha value is -1.87. The number of aromatic nitrogens is 2. The number of morpholine rings is 1. The van der Waals surface area contributed by atoms with Crippen LogP contribution in [-0.4, -0.2) is 36.5 Å². The van der Waals surface area contributed by atoms with Gasteiger partial charge in [-0.25, -0.2) is 5.10 Å². The summed E-state index contributed by atoms with van der Waals surface area (Å²) in [5.41, 5.74) is 0.442. The van der Waals surface area contributed by atoms with Crippen molar-refractivity contribution in [1.29, 1.82) is 5.26 Å². The predicted molar refractivity (Wildman–Crippen MR) is 52.6 cm³/mol. The summed E-state index contributed by atoms with van der Waals surface area (Å²) in [6, 6.07) is 3.40. The molecule has 2 heterocycles. The van der Waals surface area contributed by atoms with Crippen LogP contribution in [0.1, 0.15) is 5.69 Å². The lowest BCUT2D eigenvalue weighted by Crippen LogP contribution is -2.39. The highest BCUT2D eigenvalue weighted by molar-refractivity contribution is 5.47. The van der Waals surface area contributed by atoms with Gasteiger partial charge in [-0.3, -0.25) is 4.79 Å². The second-order valence-corrected chi connectivity index (χ2v) is 3.18. The molecule has 1 N–H and O–H groups in total. The van der Waals surface area contributed by atoms with Crippen LogP contribution < -0.4 is 10.5 Å². The molecule has 1 aliphatic heterocycles. The molecule has 1 saturated heterocycles. The van der Waals surface area contributed by atoms with Gasteiger partial charge in [-0.05, 0) is 0 Å². The number of nitrogens with zero attached hydrogens (tertiary/aromatic N) is 3. The topological polar surface area (TPSA) is 82.0 Å². The summed E-state index contributed by atoms with van der Waals surface area (Å²) in [5.74, 6) is 0. The van der Waals surface area contributed by atoms with Crippen molar-refractivity contribution in [2.75, 3.05) is 31.2 Å². The number of hydrogen-bond acceptors (Lipinski definition) is 5. The fraction of sp³-hybridized carbons (Fsp3) is 0.444. The van der Waals surface area contributed by atoms with E-state index in [1.165, 1.54) is 6.07 Å². The third-order valence-corrected chi connectivity index (χ3v) is 2.25. The first-order valence-corrected chi connectivity index (χ1v) is 4.64. The first kappa shape index (κ1) is 9.68. The highest BCUT2D eigenvalue weighted by Crippen LogP contribution is 2.09. The number of ether oxygens (including phenoxy) is 1. The molecule has 1 aromatic rings. The number of hydrogen-bond donors (Lipinski definition) is 1. The molecule has 0 atom stereocenters. The summed E-state index contributed by atoms with van der Waals surface area (Å²) in [4.78, 5) is 13.4. The molecule has 6 nitrogen and oxygen atoms in total. The Bertz CT molecular complexity index is 442. The molecule has 0 radical (unpaired) electrons. The largest absolute Gasteiger partial charge is 0.378 e. The number of rotatable bonds is 1. The monoisotopic (exact) mass is 206 g/mol. The molecule has 0 saturated carbocycles. The van der Waals surface area contributed by atoms with E-state index in [9.17, 15) is 4.79 Å². The molecule has 15 heavy (non-hydrogen) atoms. The van der Waals surface area contributed by atoms with Crippen molar-refractivity contribution in [2.24, 2.45) is 0 Å². The van der Waals surface area contributed by atoms with Crippen molar-refractivity contribution >= 4 is 5.69 Å². The van der Waals surface area contributed by atoms with Crippen LogP contribution in [-0.2, 0) is 4.74 Å². The second kappa shape index (κ2) is 4.11. The standard InChI is InChI=1S/C9H10N4O2/c10-6-7-5-8(9(14)12-11-7)13-1-3-15-4-2-13/h5H,1-4H2,(H,12,14). The minimum atomic E-state index is -0.268. The number of anilines is 1. The lowest BCUT2D eigenvalue weighted by Gasteiger charge is -2.27. The molecule has 0 aliphatic carbocycles. The fourth-order valence-electron chi connectivity index (χ4n) is 1.49. The summed E-state index contributed by atoms with van der Waals surface area (Å²) in [6.07, 6.45) is 0. The maximum absolute atomic E-state index is 11.5. The molecule has 1 aromatic heterocycles. The van der Waals surface area contributed by atoms with Crippen LogP contribution in [0.25, 0.3) is 0 Å². The molecule has 6 heteroatoms. The zero-order chi connectivity index (χ0) is 10.7. The van der Waals surface area contributed by atoms with Gasteiger partial charge in [0.2, 0.25) is 0 Å². The van der Waals surface area contributed by atoms with E-state index in [-0.39, 0.29) is 11.3 Å². The van der Waals surface area contributed by atoms with Crippen molar-refractivity contribution in [3.8, 4) is 6.07 Å². The Morgan fingerprint density at radius 2 is 2.27 bits per heavy atom. The van der Waals surface area contributed by atoms with Crippen LogP contribution in [0.2, 0.25) is 0 Å². The lowest BCUT2D eigenvalue weighted by atomic mass is 10.3. The van der Waals surface area contributed by atoms with Crippen molar-refractivity contribution in [3.63, 3.8) is 0 Å². The molecule has 0 spiro atoms. The van der Waals surface area contributed by atoms with Gasteiger partial charge in [0.05, 0.1) is 13.2 Å². The van der Waals surface area contributed by atoms with Crippen LogP contribution in [0.5, 0.6) is 0 Å². The molecular weight excluding hydrogens is 196 g/mol. The van der Waals surface area contributed by atoms with Gasteiger partial charge in [0.15, 0.2) is 5.69 Å². The van der Waals surface area contributed by atoms with Crippen LogP contribution in [0, 0.1) is 11.3 Å². The van der Waals surface area contributed by atoms with Gasteiger partial charge in [0.25, 0.3) is 5.56 Å². The van der Waals surface area contributed by atoms with Crippen molar-refractivity contribution in [1.82, 2.24) is 10.2 Å². The molecule has 1 aliphatic rings. The molecule has 0 aromatic carbocycles. The highest BCUT2D eigenvalue weighted by Gasteiger charge is 2.15. The van der Waals surface area contributed by atoms with Gasteiger partial charge in [-0.2, -0.15) is 10.4 Å². The average molecular weight is 206 g/mol. The maximum Gasteiger partial charge on any atom is 0.287 e. The first-order chi connectivity index (χ1) is 7.31. The van der Waals surface area contributed by atoms with E-state index in [1.807, 2.05) is 11.0 Å². The number of H-pyrrole nitrogens is 1. The molecule has 78 valence electrons. The predicted octanol–water partition coefficient (Wildman–Crippen LogP) is -0.522. The van der Waals surface area contributed by atoms with E-state index in [0.717, 1.165) is 0 Å². The van der Waals surface area contributed by atoms with Crippen molar-refractivity contribution < 1.29 is 4.74 Å². The van der Waals surface area contributed by atoms with E-state index < -0.39 is 0 Å². The van der Waals surface area contributed by atoms with E-state index in [2.05, 4.69) is 10.2 Å². The number of nitrogens with one attached hydrogen (secondary N) is 1. The Balaban J connectivity index is 2.33. The Morgan fingerprint density at radius 1 is 1.53 bits per heavy atom. The van der Waals surface area contributed by atoms with E-state index in [1.54, 1.807) is 0 Å². The zero-order valence-electron chi connectivity index (χ0n) is 8.06. The smallest absolute Gasteiger partial charge is 0.287 e. The van der Waals surface area contributed by atoms with Gasteiger partial charge in [-0.1, -0.05) is 0 Å². The van der Waals surface area contributed by atoms with Crippen molar-refractivity contribution in [2.45, 2.75) is 0 Å². The number of aromatic amines is 1. The van der Waals surface area contributed by atoms with E-state index >= 15 is 0 Å². The molecule has 2 rings (SSSR count). The normalized spacial score (nSPS) is 16.1. The Labute approximate surface area is 86.1 Å². The van der Waals surface area contributed by atoms with Crippen LogP contribution in [0.15, 0.2) is 10.9 Å². The average Bonchev–Trinajstić information content (AvgIpc) is 2.31. The number of nitriles is 1. The molecule has 0 bridgehead atoms. The molecule has 0 unspecified atom stereocenters. The first-order valence-electron chi connectivity index (χ1n) is 4.64. The highest BCUT2D eigenvalue weighted by atomic mass is 16.5. The minimum Gasteiger partial charge on any atom is -0.378 e. The third-order valence-electron chi connectivity index (χ3n) is 2.25. The Kier molecular flexibility index (Phi) is 2.65. The fourth-order valence-corrected chi connectivity index (χ4v) is 1.49. The van der Waals surface area contributed by atoms with Crippen LogP contribution in [0.3, 0.4) is 0 Å². The Morgan fingerprint density at radius 3 is 2.93 bits per heavy atom. The van der Waals surface area contributed by atoms with Gasteiger partial charge >= 0.3 is 0 Å². The molecule has 1 fully saturated rings. The van der Waals surface area contributed by atoms with Gasteiger partial charge < -0.3 is 9.64 Å². The summed E-state index contributed by atoms with van der Waals surface area (Å²) >= 11 is 0. The summed E-state index contributed by atoms with van der Waals surface area (Å²) in [7, 11) is 0. The van der Waals surface area contributed by atoms with Gasteiger partial charge in [0.1, 0.15) is 11.8 Å².